The molecular formula is C36H38N2+2. The summed E-state index contributed by atoms with van der Waals surface area (Å²) in [5.74, 6) is 0. The zero-order chi connectivity index (χ0) is 25.6. The fourth-order valence-electron chi connectivity index (χ4n) is 6.08. The molecule has 0 unspecified atom stereocenters. The molecule has 190 valence electrons. The van der Waals surface area contributed by atoms with E-state index >= 15 is 0 Å². The third kappa shape index (κ3) is 5.27. The minimum atomic E-state index is 1.10. The molecule has 6 aromatic rings. The number of aryl methyl sites for hydroxylation is 2. The molecule has 0 fully saturated rings. The lowest BCUT2D eigenvalue weighted by Crippen LogP contribution is -2.34. The summed E-state index contributed by atoms with van der Waals surface area (Å²) in [6, 6.07) is 35.2. The third-order valence-electron chi connectivity index (χ3n) is 8.07. The molecule has 0 aliphatic carbocycles. The van der Waals surface area contributed by atoms with Crippen molar-refractivity contribution in [2.75, 3.05) is 0 Å². The summed E-state index contributed by atoms with van der Waals surface area (Å²) in [6.45, 7) is 2.20. The molecule has 38 heavy (non-hydrogen) atoms. The van der Waals surface area contributed by atoms with Gasteiger partial charge < -0.3 is 0 Å². The van der Waals surface area contributed by atoms with Gasteiger partial charge in [-0.15, -0.1) is 0 Å². The average Bonchev–Trinajstić information content (AvgIpc) is 2.98. The van der Waals surface area contributed by atoms with Crippen molar-refractivity contribution in [3.8, 4) is 0 Å². The van der Waals surface area contributed by atoms with Crippen LogP contribution in [-0.2, 0) is 13.1 Å². The zero-order valence-corrected chi connectivity index (χ0v) is 22.4. The van der Waals surface area contributed by atoms with E-state index in [4.69, 9.17) is 0 Å². The first-order valence-electron chi connectivity index (χ1n) is 14.5. The molecule has 2 heteroatoms. The standard InChI is InChI=1S/C36H38N2/c1(3-5-15-25-37-27-29-17-7-9-19-31(29)33-21-11-13-23-35(33)37)2-4-6-16-26-38-28-30-18-8-10-20-32(30)34-22-12-14-24-36(34)38/h7-14,17-24,27-28H,1-6,15-16,25-26H2/q+2. The van der Waals surface area contributed by atoms with E-state index in [1.807, 2.05) is 0 Å². The van der Waals surface area contributed by atoms with Crippen LogP contribution in [0.25, 0.3) is 43.4 Å². The van der Waals surface area contributed by atoms with Crippen LogP contribution >= 0.6 is 0 Å². The summed E-state index contributed by atoms with van der Waals surface area (Å²) in [6.07, 6.45) is 15.2. The molecule has 0 saturated heterocycles. The first kappa shape index (κ1) is 24.6. The molecule has 0 bridgehead atoms. The highest BCUT2D eigenvalue weighted by Crippen LogP contribution is 2.23. The van der Waals surface area contributed by atoms with Gasteiger partial charge in [-0.05, 0) is 37.1 Å². The summed E-state index contributed by atoms with van der Waals surface area (Å²) in [5, 5.41) is 8.10. The second-order valence-electron chi connectivity index (χ2n) is 10.7. The van der Waals surface area contributed by atoms with Crippen LogP contribution in [0.15, 0.2) is 109 Å². The highest BCUT2D eigenvalue weighted by molar-refractivity contribution is 6.04. The second-order valence-corrected chi connectivity index (χ2v) is 10.7. The van der Waals surface area contributed by atoms with Crippen LogP contribution in [0.1, 0.15) is 51.4 Å². The molecule has 0 radical (unpaired) electrons. The van der Waals surface area contributed by atoms with Gasteiger partial charge in [0, 0.05) is 46.5 Å². The molecule has 0 N–H and O–H groups in total. The summed E-state index contributed by atoms with van der Waals surface area (Å²) in [7, 11) is 0. The van der Waals surface area contributed by atoms with Crippen molar-refractivity contribution in [1.29, 1.82) is 0 Å². The molecule has 2 nitrogen and oxygen atoms in total. The van der Waals surface area contributed by atoms with Crippen molar-refractivity contribution in [3.05, 3.63) is 109 Å². The van der Waals surface area contributed by atoms with Crippen molar-refractivity contribution in [2.24, 2.45) is 0 Å². The van der Waals surface area contributed by atoms with E-state index in [1.165, 1.54) is 94.7 Å². The van der Waals surface area contributed by atoms with Crippen molar-refractivity contribution in [3.63, 3.8) is 0 Å². The molecule has 0 aliphatic heterocycles. The second kappa shape index (κ2) is 11.7. The Morgan fingerprint density at radius 2 is 0.684 bits per heavy atom. The van der Waals surface area contributed by atoms with Gasteiger partial charge in [-0.3, -0.25) is 0 Å². The van der Waals surface area contributed by atoms with E-state index in [9.17, 15) is 0 Å². The number of benzene rings is 4. The number of unbranched alkanes of at least 4 members (excludes halogenated alkanes) is 7. The molecule has 0 saturated carbocycles. The van der Waals surface area contributed by atoms with Crippen molar-refractivity contribution >= 4 is 43.4 Å². The molecule has 0 spiro atoms. The fourth-order valence-corrected chi connectivity index (χ4v) is 6.08. The summed E-state index contributed by atoms with van der Waals surface area (Å²) in [4.78, 5) is 0. The summed E-state index contributed by atoms with van der Waals surface area (Å²) in [5.41, 5.74) is 2.70. The minimum Gasteiger partial charge on any atom is -0.198 e. The smallest absolute Gasteiger partial charge is 0.198 e. The van der Waals surface area contributed by atoms with Crippen LogP contribution in [0.4, 0.5) is 0 Å². The Balaban J connectivity index is 0.943. The third-order valence-corrected chi connectivity index (χ3v) is 8.07. The lowest BCUT2D eigenvalue weighted by Gasteiger charge is -2.06. The summed E-state index contributed by atoms with van der Waals surface area (Å²) >= 11 is 0. The largest absolute Gasteiger partial charge is 0.213 e. The van der Waals surface area contributed by atoms with Gasteiger partial charge in [0.1, 0.15) is 13.1 Å². The Morgan fingerprint density at radius 3 is 1.13 bits per heavy atom. The van der Waals surface area contributed by atoms with Gasteiger partial charge in [0.2, 0.25) is 11.0 Å². The van der Waals surface area contributed by atoms with Gasteiger partial charge in [-0.25, -0.2) is 0 Å². The zero-order valence-electron chi connectivity index (χ0n) is 22.4. The summed E-state index contributed by atoms with van der Waals surface area (Å²) < 4.78 is 4.93. The van der Waals surface area contributed by atoms with E-state index in [-0.39, 0.29) is 0 Å². The first-order valence-corrected chi connectivity index (χ1v) is 14.5. The van der Waals surface area contributed by atoms with E-state index in [1.54, 1.807) is 0 Å². The van der Waals surface area contributed by atoms with Crippen molar-refractivity contribution in [1.82, 2.24) is 0 Å². The maximum absolute atomic E-state index is 2.46. The van der Waals surface area contributed by atoms with E-state index in [0.29, 0.717) is 0 Å². The van der Waals surface area contributed by atoms with Crippen LogP contribution in [0, 0.1) is 0 Å². The van der Waals surface area contributed by atoms with Crippen LogP contribution in [0.3, 0.4) is 0 Å². The number of pyridine rings is 2. The van der Waals surface area contributed by atoms with Gasteiger partial charge >= 0.3 is 0 Å². The van der Waals surface area contributed by atoms with Gasteiger partial charge in [0.05, 0.1) is 10.8 Å². The van der Waals surface area contributed by atoms with Crippen LogP contribution < -0.4 is 9.13 Å². The van der Waals surface area contributed by atoms with E-state index in [2.05, 4.69) is 119 Å². The minimum absolute atomic E-state index is 1.10. The predicted molar refractivity (Wildman–Crippen MR) is 160 cm³/mol. The fraction of sp³-hybridized carbons (Fsp3) is 0.278. The highest BCUT2D eigenvalue weighted by atomic mass is 14.9. The maximum atomic E-state index is 2.46. The van der Waals surface area contributed by atoms with Gasteiger partial charge in [-0.1, -0.05) is 86.3 Å². The number of para-hydroxylation sites is 2. The molecule has 4 aromatic carbocycles. The number of hydrogen-bond acceptors (Lipinski definition) is 0. The van der Waals surface area contributed by atoms with Crippen molar-refractivity contribution < 1.29 is 9.13 Å². The molecule has 2 aromatic heterocycles. The monoisotopic (exact) mass is 498 g/mol. The number of aromatic nitrogens is 2. The Kier molecular flexibility index (Phi) is 7.58. The predicted octanol–water partition coefficient (Wildman–Crippen LogP) is 8.70. The number of hydrogen-bond donors (Lipinski definition) is 0. The van der Waals surface area contributed by atoms with Crippen LogP contribution in [-0.4, -0.2) is 0 Å². The van der Waals surface area contributed by atoms with Gasteiger partial charge in [0.15, 0.2) is 12.4 Å². The number of fused-ring (bicyclic) bond motifs is 6. The molecule has 2 heterocycles. The molecule has 0 amide bonds. The van der Waals surface area contributed by atoms with E-state index < -0.39 is 0 Å². The van der Waals surface area contributed by atoms with Crippen LogP contribution in [0.2, 0.25) is 0 Å². The normalized spacial score (nSPS) is 11.7. The van der Waals surface area contributed by atoms with Gasteiger partial charge in [-0.2, -0.15) is 9.13 Å². The first-order chi connectivity index (χ1) is 18.9. The van der Waals surface area contributed by atoms with Crippen molar-refractivity contribution in [2.45, 2.75) is 64.5 Å². The van der Waals surface area contributed by atoms with E-state index in [0.717, 1.165) is 13.1 Å². The Hall–Kier alpha value is -3.78. The topological polar surface area (TPSA) is 7.76 Å². The van der Waals surface area contributed by atoms with Crippen LogP contribution in [0.5, 0.6) is 0 Å². The average molecular weight is 499 g/mol. The SMILES string of the molecule is c1ccc2c(c1)c[n+](CCCCCCCCCC[n+]1cc3ccccc3c3ccccc31)c1ccccc21. The number of nitrogens with zero attached hydrogens (tertiary/aromatic N) is 2. The number of rotatable bonds is 11. The Labute approximate surface area is 226 Å². The van der Waals surface area contributed by atoms with Gasteiger partial charge in [0.25, 0.3) is 0 Å². The lowest BCUT2D eigenvalue weighted by atomic mass is 10.1. The molecule has 0 aliphatic rings. The Morgan fingerprint density at radius 1 is 0.342 bits per heavy atom. The maximum Gasteiger partial charge on any atom is 0.213 e. The quantitative estimate of drug-likeness (QED) is 0.0959. The highest BCUT2D eigenvalue weighted by Gasteiger charge is 2.13. The molecule has 6 rings (SSSR count). The lowest BCUT2D eigenvalue weighted by molar-refractivity contribution is -0.670. The Bertz CT molecular complexity index is 1560. The molecular weight excluding hydrogens is 460 g/mol. The molecule has 0 atom stereocenters.